The van der Waals surface area contributed by atoms with Crippen LogP contribution in [-0.4, -0.2) is 29.3 Å². The SMILES string of the molecule is Cc1cc(C(=O)NC(c2ccc3c(c2)OCCO3)C(C)C)c2c(C)noc2n1. The summed E-state index contributed by atoms with van der Waals surface area (Å²) in [4.78, 5) is 17.5. The minimum Gasteiger partial charge on any atom is -0.486 e. The molecule has 1 aliphatic rings. The van der Waals surface area contributed by atoms with Crippen molar-refractivity contribution in [2.75, 3.05) is 13.2 Å². The maximum absolute atomic E-state index is 13.2. The van der Waals surface area contributed by atoms with Crippen LogP contribution in [0.1, 0.15) is 47.2 Å². The van der Waals surface area contributed by atoms with E-state index in [0.29, 0.717) is 47.0 Å². The van der Waals surface area contributed by atoms with Gasteiger partial charge in [-0.2, -0.15) is 0 Å². The van der Waals surface area contributed by atoms with Crippen molar-refractivity contribution in [3.63, 3.8) is 0 Å². The second kappa shape index (κ2) is 7.14. The quantitative estimate of drug-likeness (QED) is 0.741. The van der Waals surface area contributed by atoms with E-state index in [1.807, 2.05) is 25.1 Å². The van der Waals surface area contributed by atoms with Gasteiger partial charge in [-0.25, -0.2) is 4.98 Å². The number of ether oxygens (including phenoxy) is 2. The lowest BCUT2D eigenvalue weighted by molar-refractivity contribution is 0.0926. The van der Waals surface area contributed by atoms with E-state index in [-0.39, 0.29) is 17.9 Å². The van der Waals surface area contributed by atoms with E-state index in [4.69, 9.17) is 14.0 Å². The molecule has 7 nitrogen and oxygen atoms in total. The van der Waals surface area contributed by atoms with Crippen molar-refractivity contribution in [1.29, 1.82) is 0 Å². The Hall–Kier alpha value is -3.09. The molecule has 0 aliphatic carbocycles. The highest BCUT2D eigenvalue weighted by Crippen LogP contribution is 2.34. The summed E-state index contributed by atoms with van der Waals surface area (Å²) in [5.74, 6) is 1.43. The summed E-state index contributed by atoms with van der Waals surface area (Å²) in [5.41, 5.74) is 3.21. The van der Waals surface area contributed by atoms with Gasteiger partial charge in [-0.15, -0.1) is 0 Å². The number of aromatic nitrogens is 2. The summed E-state index contributed by atoms with van der Waals surface area (Å²) in [6.07, 6.45) is 0. The van der Waals surface area contributed by atoms with E-state index in [1.165, 1.54) is 0 Å². The average Bonchev–Trinajstić information content (AvgIpc) is 3.05. The first-order chi connectivity index (χ1) is 13.4. The van der Waals surface area contributed by atoms with Crippen LogP contribution >= 0.6 is 0 Å². The van der Waals surface area contributed by atoms with Crippen LogP contribution in [0.15, 0.2) is 28.8 Å². The largest absolute Gasteiger partial charge is 0.486 e. The molecule has 28 heavy (non-hydrogen) atoms. The number of carbonyl (C=O) groups is 1. The molecule has 1 aromatic carbocycles. The Morgan fingerprint density at radius 2 is 1.86 bits per heavy atom. The van der Waals surface area contributed by atoms with Crippen LogP contribution in [0.5, 0.6) is 11.5 Å². The number of carbonyl (C=O) groups excluding carboxylic acids is 1. The Labute approximate surface area is 163 Å². The zero-order valence-electron chi connectivity index (χ0n) is 16.4. The number of fused-ring (bicyclic) bond motifs is 2. The number of benzene rings is 1. The number of nitrogens with zero attached hydrogens (tertiary/aromatic N) is 2. The fraction of sp³-hybridized carbons (Fsp3) is 0.381. The standard InChI is InChI=1S/C21H23N3O4/c1-11(2)19(14-5-6-16-17(10-14)27-8-7-26-16)23-20(25)15-9-12(3)22-21-18(15)13(4)24-28-21/h5-6,9-11,19H,7-8H2,1-4H3,(H,23,25). The molecular weight excluding hydrogens is 358 g/mol. The Balaban J connectivity index is 1.68. The summed E-state index contributed by atoms with van der Waals surface area (Å²) >= 11 is 0. The molecule has 1 atom stereocenters. The van der Waals surface area contributed by atoms with Crippen molar-refractivity contribution >= 4 is 17.0 Å². The smallest absolute Gasteiger partial charge is 0.258 e. The molecule has 4 rings (SSSR count). The molecule has 0 saturated carbocycles. The van der Waals surface area contributed by atoms with Crippen molar-refractivity contribution in [3.05, 3.63) is 46.8 Å². The molecule has 146 valence electrons. The van der Waals surface area contributed by atoms with Gasteiger partial charge in [-0.3, -0.25) is 4.79 Å². The van der Waals surface area contributed by atoms with E-state index >= 15 is 0 Å². The van der Waals surface area contributed by atoms with Gasteiger partial charge in [0, 0.05) is 5.69 Å². The van der Waals surface area contributed by atoms with E-state index in [9.17, 15) is 4.79 Å². The molecule has 0 spiro atoms. The maximum Gasteiger partial charge on any atom is 0.258 e. The van der Waals surface area contributed by atoms with Crippen LogP contribution in [0, 0.1) is 19.8 Å². The van der Waals surface area contributed by atoms with Gasteiger partial charge >= 0.3 is 0 Å². The van der Waals surface area contributed by atoms with Crippen molar-refractivity contribution in [2.24, 2.45) is 5.92 Å². The third-order valence-electron chi connectivity index (χ3n) is 4.87. The number of hydrogen-bond donors (Lipinski definition) is 1. The third kappa shape index (κ3) is 3.28. The fourth-order valence-corrected chi connectivity index (χ4v) is 3.50. The summed E-state index contributed by atoms with van der Waals surface area (Å²) in [6, 6.07) is 7.38. The average molecular weight is 381 g/mol. The lowest BCUT2D eigenvalue weighted by Crippen LogP contribution is -2.32. The molecule has 0 fully saturated rings. The maximum atomic E-state index is 13.2. The van der Waals surface area contributed by atoms with Gasteiger partial charge in [0.2, 0.25) is 0 Å². The first-order valence-electron chi connectivity index (χ1n) is 9.38. The highest BCUT2D eigenvalue weighted by atomic mass is 16.6. The molecule has 1 amide bonds. The Morgan fingerprint density at radius 3 is 2.61 bits per heavy atom. The molecule has 3 heterocycles. The Morgan fingerprint density at radius 1 is 1.11 bits per heavy atom. The van der Waals surface area contributed by atoms with Crippen molar-refractivity contribution in [2.45, 2.75) is 33.7 Å². The predicted molar refractivity (Wildman–Crippen MR) is 104 cm³/mol. The molecule has 1 unspecified atom stereocenters. The third-order valence-corrected chi connectivity index (χ3v) is 4.87. The second-order valence-electron chi connectivity index (χ2n) is 7.36. The topological polar surface area (TPSA) is 86.5 Å². The van der Waals surface area contributed by atoms with Gasteiger partial charge in [0.1, 0.15) is 13.2 Å². The van der Waals surface area contributed by atoms with Gasteiger partial charge in [-0.1, -0.05) is 25.1 Å². The number of rotatable bonds is 4. The van der Waals surface area contributed by atoms with Gasteiger partial charge in [0.05, 0.1) is 22.7 Å². The first kappa shape index (κ1) is 18.3. The Kier molecular flexibility index (Phi) is 4.66. The van der Waals surface area contributed by atoms with Crippen LogP contribution in [-0.2, 0) is 0 Å². The van der Waals surface area contributed by atoms with Crippen LogP contribution in [0.25, 0.3) is 11.1 Å². The summed E-state index contributed by atoms with van der Waals surface area (Å²) < 4.78 is 16.5. The van der Waals surface area contributed by atoms with Crippen molar-refractivity contribution < 1.29 is 18.8 Å². The first-order valence-corrected chi connectivity index (χ1v) is 9.38. The van der Waals surface area contributed by atoms with E-state index in [0.717, 1.165) is 11.3 Å². The predicted octanol–water partition coefficient (Wildman–Crippen LogP) is 3.74. The van der Waals surface area contributed by atoms with Gasteiger partial charge in [0.15, 0.2) is 11.5 Å². The van der Waals surface area contributed by atoms with Crippen LogP contribution < -0.4 is 14.8 Å². The summed E-state index contributed by atoms with van der Waals surface area (Å²) in [5, 5.41) is 7.76. The lowest BCUT2D eigenvalue weighted by atomic mass is 9.95. The monoisotopic (exact) mass is 381 g/mol. The van der Waals surface area contributed by atoms with Crippen molar-refractivity contribution in [1.82, 2.24) is 15.5 Å². The fourth-order valence-electron chi connectivity index (χ4n) is 3.50. The molecule has 7 heteroatoms. The van der Waals surface area contributed by atoms with Crippen LogP contribution in [0.4, 0.5) is 0 Å². The molecular formula is C21H23N3O4. The molecule has 0 saturated heterocycles. The number of hydrogen-bond acceptors (Lipinski definition) is 6. The second-order valence-corrected chi connectivity index (χ2v) is 7.36. The van der Waals surface area contributed by atoms with E-state index < -0.39 is 0 Å². The van der Waals surface area contributed by atoms with E-state index in [1.54, 1.807) is 13.0 Å². The van der Waals surface area contributed by atoms with E-state index in [2.05, 4.69) is 29.3 Å². The van der Waals surface area contributed by atoms with Gasteiger partial charge < -0.3 is 19.3 Å². The van der Waals surface area contributed by atoms with Gasteiger partial charge in [0.25, 0.3) is 11.6 Å². The number of aryl methyl sites for hydroxylation is 2. The number of pyridine rings is 1. The van der Waals surface area contributed by atoms with Gasteiger partial charge in [-0.05, 0) is 43.5 Å². The summed E-state index contributed by atoms with van der Waals surface area (Å²) in [6.45, 7) is 8.84. The molecule has 0 radical (unpaired) electrons. The van der Waals surface area contributed by atoms with Crippen LogP contribution in [0.3, 0.4) is 0 Å². The van der Waals surface area contributed by atoms with Crippen LogP contribution in [0.2, 0.25) is 0 Å². The number of amides is 1. The number of nitrogens with one attached hydrogen (secondary N) is 1. The molecule has 0 bridgehead atoms. The molecule has 1 aliphatic heterocycles. The minimum absolute atomic E-state index is 0.175. The van der Waals surface area contributed by atoms with Crippen molar-refractivity contribution in [3.8, 4) is 11.5 Å². The molecule has 1 N–H and O–H groups in total. The zero-order chi connectivity index (χ0) is 19.8. The molecule has 3 aromatic rings. The Bertz CT molecular complexity index is 1040. The summed E-state index contributed by atoms with van der Waals surface area (Å²) in [7, 11) is 0. The minimum atomic E-state index is -0.188. The molecule has 2 aromatic heterocycles. The zero-order valence-corrected chi connectivity index (χ0v) is 16.4. The highest BCUT2D eigenvalue weighted by Gasteiger charge is 2.24. The normalized spacial score (nSPS) is 14.3. The highest BCUT2D eigenvalue weighted by molar-refractivity contribution is 6.06. The lowest BCUT2D eigenvalue weighted by Gasteiger charge is -2.25.